The number of hydrogen-bond donors (Lipinski definition) is 0. The Morgan fingerprint density at radius 3 is 3.18 bits per heavy atom. The Morgan fingerprint density at radius 2 is 2.41 bits per heavy atom. The van der Waals surface area contributed by atoms with Crippen molar-refractivity contribution in [2.45, 2.75) is 38.5 Å². The maximum absolute atomic E-state index is 12.2. The molecule has 7 nitrogen and oxygen atoms in total. The first kappa shape index (κ1) is 15.0. The van der Waals surface area contributed by atoms with E-state index >= 15 is 0 Å². The fourth-order valence-electron chi connectivity index (χ4n) is 2.84. The van der Waals surface area contributed by atoms with E-state index < -0.39 is 0 Å². The summed E-state index contributed by atoms with van der Waals surface area (Å²) in [5.74, 6) is -0.0261. The molecule has 1 amide bonds. The number of ether oxygens (including phenoxy) is 2. The highest BCUT2D eigenvalue weighted by atomic mass is 16.5. The lowest BCUT2D eigenvalue weighted by Crippen LogP contribution is -2.40. The maximum Gasteiger partial charge on any atom is 0.248 e. The average molecular weight is 304 g/mol. The van der Waals surface area contributed by atoms with E-state index in [1.807, 2.05) is 6.07 Å². The molecule has 1 atom stereocenters. The number of hydrogen-bond acceptors (Lipinski definition) is 5. The lowest BCUT2D eigenvalue weighted by molar-refractivity contribution is -0.139. The third-order valence-electron chi connectivity index (χ3n) is 4.07. The average Bonchev–Trinajstić information content (AvgIpc) is 2.98. The molecule has 22 heavy (non-hydrogen) atoms. The number of rotatable bonds is 4. The summed E-state index contributed by atoms with van der Waals surface area (Å²) in [7, 11) is 0. The molecule has 3 rings (SSSR count). The molecule has 0 aromatic carbocycles. The summed E-state index contributed by atoms with van der Waals surface area (Å²) in [5, 5.41) is 13.0. The molecule has 1 aromatic heterocycles. The Morgan fingerprint density at radius 1 is 1.50 bits per heavy atom. The molecule has 0 unspecified atom stereocenters. The highest BCUT2D eigenvalue weighted by molar-refractivity contribution is 5.77. The SMILES string of the molecule is N#Cc1cc2n(n1)CCN(C(=O)COC[C@@H]1CCCCO1)C2. The van der Waals surface area contributed by atoms with Gasteiger partial charge in [0, 0.05) is 13.2 Å². The van der Waals surface area contributed by atoms with Crippen LogP contribution >= 0.6 is 0 Å². The zero-order chi connectivity index (χ0) is 15.4. The Hall–Kier alpha value is -1.91. The van der Waals surface area contributed by atoms with Crippen molar-refractivity contribution >= 4 is 5.91 Å². The first-order valence-electron chi connectivity index (χ1n) is 7.70. The monoisotopic (exact) mass is 304 g/mol. The van der Waals surface area contributed by atoms with E-state index in [4.69, 9.17) is 14.7 Å². The minimum Gasteiger partial charge on any atom is -0.376 e. The predicted octanol–water partition coefficient (Wildman–Crippen LogP) is 0.683. The van der Waals surface area contributed by atoms with E-state index in [0.29, 0.717) is 31.9 Å². The number of carbonyl (C=O) groups excluding carboxylic acids is 1. The fourth-order valence-corrected chi connectivity index (χ4v) is 2.84. The van der Waals surface area contributed by atoms with Crippen LogP contribution in [0.2, 0.25) is 0 Å². The predicted molar refractivity (Wildman–Crippen MR) is 76.8 cm³/mol. The minimum atomic E-state index is -0.0261. The topological polar surface area (TPSA) is 80.4 Å². The van der Waals surface area contributed by atoms with Crippen molar-refractivity contribution in [1.29, 1.82) is 5.26 Å². The van der Waals surface area contributed by atoms with Crippen molar-refractivity contribution in [1.82, 2.24) is 14.7 Å². The zero-order valence-corrected chi connectivity index (χ0v) is 12.5. The van der Waals surface area contributed by atoms with Gasteiger partial charge in [0.2, 0.25) is 5.91 Å². The summed E-state index contributed by atoms with van der Waals surface area (Å²) in [6.45, 7) is 3.06. The molecule has 2 aliphatic rings. The number of fused-ring (bicyclic) bond motifs is 1. The normalized spacial score (nSPS) is 21.2. The molecule has 0 saturated carbocycles. The number of nitrogens with zero attached hydrogens (tertiary/aromatic N) is 4. The molecular formula is C15H20N4O3. The van der Waals surface area contributed by atoms with Crippen molar-refractivity contribution in [2.75, 3.05) is 26.4 Å². The van der Waals surface area contributed by atoms with Gasteiger partial charge in [0.05, 0.1) is 31.5 Å². The van der Waals surface area contributed by atoms with E-state index in [0.717, 1.165) is 25.1 Å². The van der Waals surface area contributed by atoms with Crippen LogP contribution in [0.1, 0.15) is 30.7 Å². The molecular weight excluding hydrogens is 284 g/mol. The molecule has 0 spiro atoms. The van der Waals surface area contributed by atoms with Crippen molar-refractivity contribution in [3.63, 3.8) is 0 Å². The number of carbonyl (C=O) groups is 1. The van der Waals surface area contributed by atoms with Gasteiger partial charge in [-0.2, -0.15) is 10.4 Å². The Bertz CT molecular complexity index is 572. The summed E-state index contributed by atoms with van der Waals surface area (Å²) in [4.78, 5) is 13.9. The summed E-state index contributed by atoms with van der Waals surface area (Å²) in [6, 6.07) is 3.76. The van der Waals surface area contributed by atoms with E-state index in [1.54, 1.807) is 15.6 Å². The van der Waals surface area contributed by atoms with Crippen LogP contribution in [0.15, 0.2) is 6.07 Å². The van der Waals surface area contributed by atoms with Crippen LogP contribution in [0.4, 0.5) is 0 Å². The van der Waals surface area contributed by atoms with Gasteiger partial charge in [-0.1, -0.05) is 0 Å². The molecule has 0 aliphatic carbocycles. The van der Waals surface area contributed by atoms with Crippen molar-refractivity contribution < 1.29 is 14.3 Å². The molecule has 0 bridgehead atoms. The minimum absolute atomic E-state index is 0.0261. The zero-order valence-electron chi connectivity index (χ0n) is 12.5. The molecule has 1 saturated heterocycles. The molecule has 3 heterocycles. The van der Waals surface area contributed by atoms with Gasteiger partial charge < -0.3 is 14.4 Å². The largest absolute Gasteiger partial charge is 0.376 e. The molecule has 1 fully saturated rings. The summed E-state index contributed by atoms with van der Waals surface area (Å²) >= 11 is 0. The van der Waals surface area contributed by atoms with Crippen LogP contribution in [0.3, 0.4) is 0 Å². The Labute approximate surface area is 129 Å². The van der Waals surface area contributed by atoms with Crippen LogP contribution in [0.5, 0.6) is 0 Å². The Kier molecular flexibility index (Phi) is 4.71. The van der Waals surface area contributed by atoms with Gasteiger partial charge in [-0.05, 0) is 25.3 Å². The standard InChI is InChI=1S/C15H20N4O3/c16-8-12-7-13-9-18(4-5-19(13)17-12)15(20)11-21-10-14-3-1-2-6-22-14/h7,14H,1-6,9-11H2/t14-/m0/s1. The lowest BCUT2D eigenvalue weighted by atomic mass is 10.1. The third-order valence-corrected chi connectivity index (χ3v) is 4.07. The maximum atomic E-state index is 12.2. The summed E-state index contributed by atoms with van der Waals surface area (Å²) < 4.78 is 12.9. The molecule has 0 radical (unpaired) electrons. The highest BCUT2D eigenvalue weighted by Crippen LogP contribution is 2.15. The first-order valence-corrected chi connectivity index (χ1v) is 7.70. The van der Waals surface area contributed by atoms with Gasteiger partial charge in [-0.25, -0.2) is 0 Å². The van der Waals surface area contributed by atoms with Crippen LogP contribution in [-0.4, -0.2) is 53.1 Å². The smallest absolute Gasteiger partial charge is 0.248 e. The second-order valence-corrected chi connectivity index (χ2v) is 5.67. The molecule has 0 N–H and O–H groups in total. The second-order valence-electron chi connectivity index (χ2n) is 5.67. The van der Waals surface area contributed by atoms with Crippen LogP contribution in [0.25, 0.3) is 0 Å². The van der Waals surface area contributed by atoms with Crippen molar-refractivity contribution in [3.8, 4) is 6.07 Å². The summed E-state index contributed by atoms with van der Waals surface area (Å²) in [6.07, 6.45) is 3.41. The van der Waals surface area contributed by atoms with Gasteiger partial charge in [-0.3, -0.25) is 9.48 Å². The number of aromatic nitrogens is 2. The third kappa shape index (κ3) is 3.46. The first-order chi connectivity index (χ1) is 10.8. The van der Waals surface area contributed by atoms with E-state index in [-0.39, 0.29) is 18.6 Å². The van der Waals surface area contributed by atoms with Gasteiger partial charge in [0.1, 0.15) is 12.7 Å². The number of amides is 1. The molecule has 7 heteroatoms. The van der Waals surface area contributed by atoms with Gasteiger partial charge in [0.15, 0.2) is 5.69 Å². The van der Waals surface area contributed by atoms with Crippen LogP contribution in [-0.2, 0) is 27.4 Å². The number of nitriles is 1. The summed E-state index contributed by atoms with van der Waals surface area (Å²) in [5.41, 5.74) is 1.29. The van der Waals surface area contributed by atoms with E-state index in [2.05, 4.69) is 5.10 Å². The molecule has 118 valence electrons. The van der Waals surface area contributed by atoms with Gasteiger partial charge >= 0.3 is 0 Å². The van der Waals surface area contributed by atoms with Crippen LogP contribution in [0, 0.1) is 11.3 Å². The quantitative estimate of drug-likeness (QED) is 0.817. The van der Waals surface area contributed by atoms with Crippen molar-refractivity contribution in [2.24, 2.45) is 0 Å². The molecule has 2 aliphatic heterocycles. The van der Waals surface area contributed by atoms with Crippen LogP contribution < -0.4 is 0 Å². The van der Waals surface area contributed by atoms with Crippen molar-refractivity contribution in [3.05, 3.63) is 17.5 Å². The lowest BCUT2D eigenvalue weighted by Gasteiger charge is -2.28. The van der Waals surface area contributed by atoms with Gasteiger partial charge in [-0.15, -0.1) is 0 Å². The second kappa shape index (κ2) is 6.90. The molecule has 1 aromatic rings. The Balaban J connectivity index is 1.46. The van der Waals surface area contributed by atoms with E-state index in [9.17, 15) is 4.79 Å². The highest BCUT2D eigenvalue weighted by Gasteiger charge is 2.23. The van der Waals surface area contributed by atoms with Gasteiger partial charge in [0.25, 0.3) is 0 Å². The van der Waals surface area contributed by atoms with E-state index in [1.165, 1.54) is 6.42 Å². The fraction of sp³-hybridized carbons (Fsp3) is 0.667.